The molecule has 1 amide bonds. The lowest BCUT2D eigenvalue weighted by molar-refractivity contribution is -0.123. The molecule has 0 unspecified atom stereocenters. The van der Waals surface area contributed by atoms with Gasteiger partial charge in [-0.1, -0.05) is 37.5 Å². The number of nitrogens with one attached hydrogen (secondary N) is 1. The number of ether oxygens (including phenoxy) is 1. The number of hydrogen-bond acceptors (Lipinski definition) is 3. The Kier molecular flexibility index (Phi) is 5.56. The van der Waals surface area contributed by atoms with Crippen molar-refractivity contribution in [2.75, 3.05) is 11.9 Å². The highest BCUT2D eigenvalue weighted by molar-refractivity contribution is 5.92. The zero-order valence-electron chi connectivity index (χ0n) is 12.0. The first-order chi connectivity index (χ1) is 9.66. The second-order valence-electron chi connectivity index (χ2n) is 5.38. The number of anilines is 1. The summed E-state index contributed by atoms with van der Waals surface area (Å²) in [6.45, 7) is 1.77. The van der Waals surface area contributed by atoms with Crippen LogP contribution in [0.3, 0.4) is 0 Å². The standard InChI is InChI=1S/C16H23NO3/c1-12(18)14-9-5-6-10-15(14)17-16(19)11-20-13-7-3-2-4-8-13/h5-6,9-10,12-13,18H,2-4,7-8,11H2,1H3,(H,17,19)/t12-/m1/s1. The van der Waals surface area contributed by atoms with Gasteiger partial charge in [0, 0.05) is 11.3 Å². The predicted octanol–water partition coefficient (Wildman–Crippen LogP) is 3.03. The van der Waals surface area contributed by atoms with E-state index >= 15 is 0 Å². The lowest BCUT2D eigenvalue weighted by Gasteiger charge is -2.21. The maximum absolute atomic E-state index is 11.9. The minimum Gasteiger partial charge on any atom is -0.389 e. The molecule has 1 fully saturated rings. The molecule has 0 radical (unpaired) electrons. The van der Waals surface area contributed by atoms with Crippen LogP contribution in [0.25, 0.3) is 0 Å². The van der Waals surface area contributed by atoms with Gasteiger partial charge in [0.2, 0.25) is 5.91 Å². The van der Waals surface area contributed by atoms with Crippen molar-refractivity contribution in [2.45, 2.75) is 51.2 Å². The summed E-state index contributed by atoms with van der Waals surface area (Å²) in [5.41, 5.74) is 1.37. The maximum Gasteiger partial charge on any atom is 0.250 e. The summed E-state index contributed by atoms with van der Waals surface area (Å²) >= 11 is 0. The Hall–Kier alpha value is -1.39. The van der Waals surface area contributed by atoms with Crippen LogP contribution in [0.4, 0.5) is 5.69 Å². The number of hydrogen-bond donors (Lipinski definition) is 2. The smallest absolute Gasteiger partial charge is 0.250 e. The molecule has 1 aromatic carbocycles. The van der Waals surface area contributed by atoms with E-state index in [0.29, 0.717) is 5.69 Å². The molecule has 1 atom stereocenters. The first-order valence-electron chi connectivity index (χ1n) is 7.35. The van der Waals surface area contributed by atoms with Crippen LogP contribution in [0.1, 0.15) is 50.7 Å². The molecule has 1 aliphatic rings. The summed E-state index contributed by atoms with van der Waals surface area (Å²) in [7, 11) is 0. The normalized spacial score (nSPS) is 17.7. The van der Waals surface area contributed by atoms with Crippen molar-refractivity contribution in [1.82, 2.24) is 0 Å². The van der Waals surface area contributed by atoms with E-state index in [1.807, 2.05) is 18.2 Å². The molecule has 2 N–H and O–H groups in total. The number of aliphatic hydroxyl groups is 1. The fraction of sp³-hybridized carbons (Fsp3) is 0.562. The zero-order chi connectivity index (χ0) is 14.4. The molecule has 20 heavy (non-hydrogen) atoms. The van der Waals surface area contributed by atoms with E-state index in [1.54, 1.807) is 13.0 Å². The van der Waals surface area contributed by atoms with E-state index in [1.165, 1.54) is 19.3 Å². The van der Waals surface area contributed by atoms with Crippen LogP contribution in [0.2, 0.25) is 0 Å². The van der Waals surface area contributed by atoms with Crippen LogP contribution in [-0.4, -0.2) is 23.7 Å². The van der Waals surface area contributed by atoms with Gasteiger partial charge in [0.25, 0.3) is 0 Å². The van der Waals surface area contributed by atoms with Gasteiger partial charge < -0.3 is 15.2 Å². The number of benzene rings is 1. The third-order valence-electron chi connectivity index (χ3n) is 3.69. The Bertz CT molecular complexity index is 439. The van der Waals surface area contributed by atoms with Gasteiger partial charge in [0.1, 0.15) is 6.61 Å². The fourth-order valence-electron chi connectivity index (χ4n) is 2.59. The molecule has 0 aliphatic heterocycles. The lowest BCUT2D eigenvalue weighted by Crippen LogP contribution is -2.25. The quantitative estimate of drug-likeness (QED) is 0.869. The van der Waals surface area contributed by atoms with E-state index in [2.05, 4.69) is 5.32 Å². The number of carbonyl (C=O) groups excluding carboxylic acids is 1. The number of carbonyl (C=O) groups is 1. The van der Waals surface area contributed by atoms with Gasteiger partial charge in [0.15, 0.2) is 0 Å². The fourth-order valence-corrected chi connectivity index (χ4v) is 2.59. The molecule has 4 heteroatoms. The summed E-state index contributed by atoms with van der Waals surface area (Å²) in [6, 6.07) is 7.28. The zero-order valence-corrected chi connectivity index (χ0v) is 12.0. The summed E-state index contributed by atoms with van der Waals surface area (Å²) in [5, 5.41) is 12.5. The summed E-state index contributed by atoms with van der Waals surface area (Å²) in [6.07, 6.45) is 5.38. The van der Waals surface area contributed by atoms with Gasteiger partial charge in [-0.05, 0) is 25.8 Å². The minimum atomic E-state index is -0.606. The molecule has 1 saturated carbocycles. The lowest BCUT2D eigenvalue weighted by atomic mass is 9.98. The van der Waals surface area contributed by atoms with Crippen molar-refractivity contribution in [3.8, 4) is 0 Å². The number of para-hydroxylation sites is 1. The Morgan fingerprint density at radius 2 is 2.05 bits per heavy atom. The van der Waals surface area contributed by atoms with E-state index in [4.69, 9.17) is 4.74 Å². The average molecular weight is 277 g/mol. The van der Waals surface area contributed by atoms with Crippen LogP contribution in [-0.2, 0) is 9.53 Å². The van der Waals surface area contributed by atoms with Gasteiger partial charge >= 0.3 is 0 Å². The Morgan fingerprint density at radius 1 is 1.35 bits per heavy atom. The first-order valence-corrected chi connectivity index (χ1v) is 7.35. The highest BCUT2D eigenvalue weighted by Crippen LogP contribution is 2.23. The van der Waals surface area contributed by atoms with Gasteiger partial charge in [-0.2, -0.15) is 0 Å². The molecule has 0 heterocycles. The molecule has 2 rings (SSSR count). The monoisotopic (exact) mass is 277 g/mol. The number of amides is 1. The van der Waals surface area contributed by atoms with Crippen LogP contribution in [0.5, 0.6) is 0 Å². The van der Waals surface area contributed by atoms with Gasteiger partial charge in [-0.15, -0.1) is 0 Å². The van der Waals surface area contributed by atoms with Crippen molar-refractivity contribution < 1.29 is 14.6 Å². The average Bonchev–Trinajstić information content (AvgIpc) is 2.46. The van der Waals surface area contributed by atoms with Crippen LogP contribution in [0.15, 0.2) is 24.3 Å². The second kappa shape index (κ2) is 7.41. The maximum atomic E-state index is 11.9. The van der Waals surface area contributed by atoms with Crippen LogP contribution < -0.4 is 5.32 Å². The summed E-state index contributed by atoms with van der Waals surface area (Å²) in [5.74, 6) is -0.163. The van der Waals surface area contributed by atoms with Gasteiger partial charge in [0.05, 0.1) is 12.2 Å². The van der Waals surface area contributed by atoms with Crippen LogP contribution in [0, 0.1) is 0 Å². The van der Waals surface area contributed by atoms with Crippen molar-refractivity contribution in [3.63, 3.8) is 0 Å². The molecule has 0 saturated heterocycles. The summed E-state index contributed by atoms with van der Waals surface area (Å²) < 4.78 is 5.64. The molecule has 4 nitrogen and oxygen atoms in total. The molecular weight excluding hydrogens is 254 g/mol. The van der Waals surface area contributed by atoms with E-state index in [-0.39, 0.29) is 18.6 Å². The van der Waals surface area contributed by atoms with Gasteiger partial charge in [-0.25, -0.2) is 0 Å². The van der Waals surface area contributed by atoms with Gasteiger partial charge in [-0.3, -0.25) is 4.79 Å². The topological polar surface area (TPSA) is 58.6 Å². The van der Waals surface area contributed by atoms with Crippen LogP contribution >= 0.6 is 0 Å². The Labute approximate surface area is 120 Å². The SMILES string of the molecule is C[C@@H](O)c1ccccc1NC(=O)COC1CCCCC1. The molecule has 0 bridgehead atoms. The highest BCUT2D eigenvalue weighted by Gasteiger charge is 2.16. The highest BCUT2D eigenvalue weighted by atomic mass is 16.5. The third kappa shape index (κ3) is 4.32. The Balaban J connectivity index is 1.85. The molecule has 0 spiro atoms. The predicted molar refractivity (Wildman–Crippen MR) is 78.5 cm³/mol. The van der Waals surface area contributed by atoms with Crippen molar-refractivity contribution in [1.29, 1.82) is 0 Å². The molecule has 1 aromatic rings. The van der Waals surface area contributed by atoms with Crippen molar-refractivity contribution in [3.05, 3.63) is 29.8 Å². The number of rotatable bonds is 5. The molecule has 0 aromatic heterocycles. The molecule has 1 aliphatic carbocycles. The molecule has 110 valence electrons. The van der Waals surface area contributed by atoms with E-state index in [0.717, 1.165) is 18.4 Å². The summed E-state index contributed by atoms with van der Waals surface area (Å²) in [4.78, 5) is 11.9. The first kappa shape index (κ1) is 15.0. The number of aliphatic hydroxyl groups excluding tert-OH is 1. The second-order valence-corrected chi connectivity index (χ2v) is 5.38. The minimum absolute atomic E-state index is 0.0822. The van der Waals surface area contributed by atoms with E-state index in [9.17, 15) is 9.90 Å². The third-order valence-corrected chi connectivity index (χ3v) is 3.69. The molecular formula is C16H23NO3. The van der Waals surface area contributed by atoms with E-state index < -0.39 is 6.10 Å². The largest absolute Gasteiger partial charge is 0.389 e. The van der Waals surface area contributed by atoms with Crippen molar-refractivity contribution >= 4 is 11.6 Å². The van der Waals surface area contributed by atoms with Crippen molar-refractivity contribution in [2.24, 2.45) is 0 Å². The Morgan fingerprint density at radius 3 is 2.75 bits per heavy atom.